The Bertz CT molecular complexity index is 412. The standard InChI is InChI=1S/C16H23NO/c1-12(17-9-7-13-3-2-4-13)14-5-6-16-15(11-14)8-10-18-16/h5-6,11-13,17H,2-4,7-10H2,1H3. The van der Waals surface area contributed by atoms with Gasteiger partial charge in [-0.3, -0.25) is 0 Å². The van der Waals surface area contributed by atoms with E-state index in [2.05, 4.69) is 30.4 Å². The van der Waals surface area contributed by atoms with Gasteiger partial charge in [-0.05, 0) is 43.0 Å². The van der Waals surface area contributed by atoms with Gasteiger partial charge in [-0.15, -0.1) is 0 Å². The molecule has 1 aliphatic heterocycles. The number of nitrogens with one attached hydrogen (secondary N) is 1. The van der Waals surface area contributed by atoms with Crippen LogP contribution >= 0.6 is 0 Å². The molecule has 1 aliphatic carbocycles. The number of rotatable bonds is 5. The summed E-state index contributed by atoms with van der Waals surface area (Å²) in [4.78, 5) is 0. The quantitative estimate of drug-likeness (QED) is 0.857. The van der Waals surface area contributed by atoms with E-state index in [-0.39, 0.29) is 0 Å². The third-order valence-corrected chi connectivity index (χ3v) is 4.44. The molecule has 0 radical (unpaired) electrons. The molecule has 0 bridgehead atoms. The van der Waals surface area contributed by atoms with E-state index in [0.717, 1.165) is 31.2 Å². The highest BCUT2D eigenvalue weighted by atomic mass is 16.5. The fraction of sp³-hybridized carbons (Fsp3) is 0.625. The van der Waals surface area contributed by atoms with Gasteiger partial charge in [-0.25, -0.2) is 0 Å². The van der Waals surface area contributed by atoms with Crippen molar-refractivity contribution in [1.82, 2.24) is 5.32 Å². The third-order valence-electron chi connectivity index (χ3n) is 4.44. The van der Waals surface area contributed by atoms with Gasteiger partial charge in [0.2, 0.25) is 0 Å². The molecular weight excluding hydrogens is 222 g/mol. The fourth-order valence-corrected chi connectivity index (χ4v) is 2.88. The van der Waals surface area contributed by atoms with E-state index in [1.54, 1.807) is 0 Å². The van der Waals surface area contributed by atoms with Crippen molar-refractivity contribution in [2.45, 2.75) is 45.1 Å². The Kier molecular flexibility index (Phi) is 3.55. The predicted octanol–water partition coefficient (Wildman–Crippen LogP) is 3.46. The Morgan fingerprint density at radius 2 is 2.28 bits per heavy atom. The number of ether oxygens (including phenoxy) is 1. The molecule has 1 aromatic carbocycles. The summed E-state index contributed by atoms with van der Waals surface area (Å²) in [5, 5.41) is 3.65. The summed E-state index contributed by atoms with van der Waals surface area (Å²) in [7, 11) is 0. The molecule has 1 N–H and O–H groups in total. The average Bonchev–Trinajstić information content (AvgIpc) is 2.79. The maximum absolute atomic E-state index is 5.55. The van der Waals surface area contributed by atoms with Crippen molar-refractivity contribution in [3.05, 3.63) is 29.3 Å². The molecule has 0 amide bonds. The SMILES string of the molecule is CC(NCCC1CCC1)c1ccc2c(c1)CCO2. The molecule has 1 fully saturated rings. The lowest BCUT2D eigenvalue weighted by molar-refractivity contribution is 0.288. The molecule has 0 spiro atoms. The molecule has 0 aromatic heterocycles. The molecule has 1 aromatic rings. The lowest BCUT2D eigenvalue weighted by atomic mass is 9.83. The fourth-order valence-electron chi connectivity index (χ4n) is 2.88. The van der Waals surface area contributed by atoms with Gasteiger partial charge in [-0.1, -0.05) is 31.4 Å². The molecule has 2 heteroatoms. The zero-order valence-electron chi connectivity index (χ0n) is 11.2. The Hall–Kier alpha value is -1.02. The summed E-state index contributed by atoms with van der Waals surface area (Å²) in [5.74, 6) is 2.08. The number of benzene rings is 1. The molecule has 18 heavy (non-hydrogen) atoms. The number of hydrogen-bond acceptors (Lipinski definition) is 2. The van der Waals surface area contributed by atoms with Crippen molar-refractivity contribution in [3.8, 4) is 5.75 Å². The summed E-state index contributed by atoms with van der Waals surface area (Å²) in [6.45, 7) is 4.26. The van der Waals surface area contributed by atoms with E-state index >= 15 is 0 Å². The average molecular weight is 245 g/mol. The second-order valence-electron chi connectivity index (χ2n) is 5.73. The van der Waals surface area contributed by atoms with Crippen LogP contribution in [0, 0.1) is 5.92 Å². The lowest BCUT2D eigenvalue weighted by Gasteiger charge is -2.26. The van der Waals surface area contributed by atoms with Gasteiger partial charge < -0.3 is 10.1 Å². The van der Waals surface area contributed by atoms with Crippen LogP contribution in [0.4, 0.5) is 0 Å². The molecule has 1 atom stereocenters. The maximum atomic E-state index is 5.55. The van der Waals surface area contributed by atoms with E-state index in [4.69, 9.17) is 4.74 Å². The van der Waals surface area contributed by atoms with Crippen molar-refractivity contribution in [2.75, 3.05) is 13.2 Å². The van der Waals surface area contributed by atoms with E-state index in [0.29, 0.717) is 6.04 Å². The first-order valence-corrected chi connectivity index (χ1v) is 7.32. The van der Waals surface area contributed by atoms with Gasteiger partial charge in [0.1, 0.15) is 5.75 Å². The minimum atomic E-state index is 0.455. The van der Waals surface area contributed by atoms with Crippen LogP contribution in [0.3, 0.4) is 0 Å². The van der Waals surface area contributed by atoms with Crippen molar-refractivity contribution in [1.29, 1.82) is 0 Å². The topological polar surface area (TPSA) is 21.3 Å². The second-order valence-corrected chi connectivity index (χ2v) is 5.73. The van der Waals surface area contributed by atoms with Gasteiger partial charge in [0.05, 0.1) is 6.61 Å². The summed E-state index contributed by atoms with van der Waals surface area (Å²) >= 11 is 0. The predicted molar refractivity (Wildman–Crippen MR) is 74.0 cm³/mol. The molecule has 2 aliphatic rings. The summed E-state index contributed by atoms with van der Waals surface area (Å²) < 4.78 is 5.55. The van der Waals surface area contributed by atoms with Crippen molar-refractivity contribution in [2.24, 2.45) is 5.92 Å². The van der Waals surface area contributed by atoms with Crippen LogP contribution in [0.5, 0.6) is 5.75 Å². The normalized spacial score (nSPS) is 20.1. The molecule has 0 saturated heterocycles. The van der Waals surface area contributed by atoms with Crippen LogP contribution < -0.4 is 10.1 Å². The van der Waals surface area contributed by atoms with Crippen LogP contribution in [0.1, 0.15) is 49.8 Å². The largest absolute Gasteiger partial charge is 0.493 e. The van der Waals surface area contributed by atoms with Crippen molar-refractivity contribution < 1.29 is 4.74 Å². The minimum Gasteiger partial charge on any atom is -0.493 e. The molecule has 3 rings (SSSR count). The molecule has 2 nitrogen and oxygen atoms in total. The Morgan fingerprint density at radius 3 is 3.06 bits per heavy atom. The Balaban J connectivity index is 1.53. The number of fused-ring (bicyclic) bond motifs is 1. The van der Waals surface area contributed by atoms with Gasteiger partial charge in [0, 0.05) is 12.5 Å². The first-order valence-electron chi connectivity index (χ1n) is 7.32. The highest BCUT2D eigenvalue weighted by Crippen LogP contribution is 2.30. The van der Waals surface area contributed by atoms with Crippen LogP contribution in [0.15, 0.2) is 18.2 Å². The van der Waals surface area contributed by atoms with E-state index in [1.165, 1.54) is 36.8 Å². The zero-order chi connectivity index (χ0) is 12.4. The second kappa shape index (κ2) is 5.31. The van der Waals surface area contributed by atoms with Gasteiger partial charge in [-0.2, -0.15) is 0 Å². The molecular formula is C16H23NO. The van der Waals surface area contributed by atoms with E-state index in [1.807, 2.05) is 0 Å². The van der Waals surface area contributed by atoms with Gasteiger partial charge in [0.15, 0.2) is 0 Å². The van der Waals surface area contributed by atoms with Gasteiger partial charge in [0.25, 0.3) is 0 Å². The first kappa shape index (κ1) is 12.0. The smallest absolute Gasteiger partial charge is 0.122 e. The van der Waals surface area contributed by atoms with Crippen LogP contribution in [0.2, 0.25) is 0 Å². The third kappa shape index (κ3) is 2.54. The first-order chi connectivity index (χ1) is 8.83. The Morgan fingerprint density at radius 1 is 1.39 bits per heavy atom. The zero-order valence-corrected chi connectivity index (χ0v) is 11.2. The highest BCUT2D eigenvalue weighted by molar-refractivity contribution is 5.40. The highest BCUT2D eigenvalue weighted by Gasteiger charge is 2.17. The number of hydrogen-bond donors (Lipinski definition) is 1. The molecule has 1 saturated carbocycles. The maximum Gasteiger partial charge on any atom is 0.122 e. The minimum absolute atomic E-state index is 0.455. The van der Waals surface area contributed by atoms with Crippen molar-refractivity contribution in [3.63, 3.8) is 0 Å². The molecule has 1 unspecified atom stereocenters. The molecule has 1 heterocycles. The van der Waals surface area contributed by atoms with E-state index in [9.17, 15) is 0 Å². The summed E-state index contributed by atoms with van der Waals surface area (Å²) in [6.07, 6.45) is 6.76. The Labute approximate surface area is 110 Å². The van der Waals surface area contributed by atoms with Crippen LogP contribution in [-0.2, 0) is 6.42 Å². The lowest BCUT2D eigenvalue weighted by Crippen LogP contribution is -2.24. The van der Waals surface area contributed by atoms with Crippen molar-refractivity contribution >= 4 is 0 Å². The van der Waals surface area contributed by atoms with E-state index < -0.39 is 0 Å². The summed E-state index contributed by atoms with van der Waals surface area (Å²) in [5.41, 5.74) is 2.77. The van der Waals surface area contributed by atoms with Gasteiger partial charge >= 0.3 is 0 Å². The van der Waals surface area contributed by atoms with Crippen LogP contribution in [0.25, 0.3) is 0 Å². The molecule has 98 valence electrons. The monoisotopic (exact) mass is 245 g/mol. The summed E-state index contributed by atoms with van der Waals surface area (Å²) in [6, 6.07) is 7.09. The van der Waals surface area contributed by atoms with Crippen LogP contribution in [-0.4, -0.2) is 13.2 Å².